The molecule has 2 heterocycles. The first-order chi connectivity index (χ1) is 10.3. The molecular formula is C15H15N3O4. The summed E-state index contributed by atoms with van der Waals surface area (Å²) in [7, 11) is 0. The zero-order valence-electron chi connectivity index (χ0n) is 12.4. The summed E-state index contributed by atoms with van der Waals surface area (Å²) >= 11 is 0. The number of pyridine rings is 2. The fourth-order valence-corrected chi connectivity index (χ4v) is 2.04. The Morgan fingerprint density at radius 3 is 2.82 bits per heavy atom. The predicted octanol–water partition coefficient (Wildman–Crippen LogP) is 1.34. The summed E-state index contributed by atoms with van der Waals surface area (Å²) < 4.78 is 5.02. The summed E-state index contributed by atoms with van der Waals surface area (Å²) in [6, 6.07) is 3.12. The lowest BCUT2D eigenvalue weighted by Crippen LogP contribution is -2.32. The number of hydrogen-bond acceptors (Lipinski definition) is 6. The number of aromatic nitrogens is 2. The standard InChI is InChI=1S/C15H15N3O4/c1-4-22-14(21)15(2,3)11-5-8-10(7-17-11)18-13(20)9(6-16)12(8)19/h5,7H,4H2,1-3H3,(H2,18,19,20). The van der Waals surface area contributed by atoms with Gasteiger partial charge >= 0.3 is 5.97 Å². The first-order valence-corrected chi connectivity index (χ1v) is 6.65. The molecule has 0 atom stereocenters. The van der Waals surface area contributed by atoms with Crippen molar-refractivity contribution < 1.29 is 14.6 Å². The molecule has 7 nitrogen and oxygen atoms in total. The van der Waals surface area contributed by atoms with Crippen LogP contribution in [0.25, 0.3) is 10.9 Å². The third-order valence-corrected chi connectivity index (χ3v) is 3.41. The van der Waals surface area contributed by atoms with Crippen molar-refractivity contribution in [2.75, 3.05) is 6.61 Å². The van der Waals surface area contributed by atoms with E-state index in [4.69, 9.17) is 10.00 Å². The van der Waals surface area contributed by atoms with Crippen molar-refractivity contribution in [3.05, 3.63) is 33.9 Å². The number of H-pyrrole nitrogens is 1. The zero-order chi connectivity index (χ0) is 16.5. The fourth-order valence-electron chi connectivity index (χ4n) is 2.04. The van der Waals surface area contributed by atoms with E-state index in [0.717, 1.165) is 0 Å². The second kappa shape index (κ2) is 5.48. The summed E-state index contributed by atoms with van der Waals surface area (Å²) in [6.45, 7) is 5.24. The lowest BCUT2D eigenvalue weighted by atomic mass is 9.88. The molecule has 0 spiro atoms. The van der Waals surface area contributed by atoms with Gasteiger partial charge in [-0.05, 0) is 26.8 Å². The molecule has 114 valence electrons. The molecule has 22 heavy (non-hydrogen) atoms. The minimum absolute atomic E-state index is 0.243. The van der Waals surface area contributed by atoms with Crippen LogP contribution in [0, 0.1) is 11.3 Å². The van der Waals surface area contributed by atoms with Crippen LogP contribution in [0.1, 0.15) is 32.0 Å². The largest absolute Gasteiger partial charge is 0.506 e. The number of aromatic amines is 1. The van der Waals surface area contributed by atoms with Crippen molar-refractivity contribution in [2.24, 2.45) is 0 Å². The van der Waals surface area contributed by atoms with Gasteiger partial charge in [0.1, 0.15) is 17.2 Å². The molecule has 0 aliphatic carbocycles. The van der Waals surface area contributed by atoms with Crippen LogP contribution >= 0.6 is 0 Å². The van der Waals surface area contributed by atoms with E-state index in [1.165, 1.54) is 12.3 Å². The van der Waals surface area contributed by atoms with Gasteiger partial charge in [-0.15, -0.1) is 0 Å². The molecule has 0 aromatic carbocycles. The number of carbonyl (C=O) groups excluding carboxylic acids is 1. The van der Waals surface area contributed by atoms with Gasteiger partial charge in [-0.25, -0.2) is 0 Å². The Morgan fingerprint density at radius 1 is 1.55 bits per heavy atom. The second-order valence-corrected chi connectivity index (χ2v) is 5.25. The molecule has 0 fully saturated rings. The first kappa shape index (κ1) is 15.5. The number of nitriles is 1. The SMILES string of the molecule is CCOC(=O)C(C)(C)c1cc2c(O)c(C#N)c(=O)[nH]c2cn1. The third kappa shape index (κ3) is 2.39. The molecule has 0 bridgehead atoms. The molecular weight excluding hydrogens is 286 g/mol. The van der Waals surface area contributed by atoms with Crippen molar-refractivity contribution in [1.82, 2.24) is 9.97 Å². The van der Waals surface area contributed by atoms with Gasteiger partial charge in [0.15, 0.2) is 5.56 Å². The van der Waals surface area contributed by atoms with Crippen LogP contribution in [0.4, 0.5) is 0 Å². The zero-order valence-corrected chi connectivity index (χ0v) is 12.4. The van der Waals surface area contributed by atoms with Crippen molar-refractivity contribution in [3.8, 4) is 11.8 Å². The third-order valence-electron chi connectivity index (χ3n) is 3.41. The molecule has 0 aliphatic rings. The predicted molar refractivity (Wildman–Crippen MR) is 78.4 cm³/mol. The Morgan fingerprint density at radius 2 is 2.23 bits per heavy atom. The summed E-state index contributed by atoms with van der Waals surface area (Å²) in [5, 5.41) is 19.3. The van der Waals surface area contributed by atoms with Crippen molar-refractivity contribution in [3.63, 3.8) is 0 Å². The number of esters is 1. The Hall–Kier alpha value is -2.88. The quantitative estimate of drug-likeness (QED) is 0.826. The number of rotatable bonds is 3. The van der Waals surface area contributed by atoms with Gasteiger partial charge in [0, 0.05) is 5.39 Å². The van der Waals surface area contributed by atoms with E-state index in [9.17, 15) is 14.7 Å². The maximum atomic E-state index is 12.0. The van der Waals surface area contributed by atoms with E-state index >= 15 is 0 Å². The van der Waals surface area contributed by atoms with Crippen molar-refractivity contribution >= 4 is 16.9 Å². The average Bonchev–Trinajstić information content (AvgIpc) is 2.47. The highest BCUT2D eigenvalue weighted by Gasteiger charge is 2.33. The van der Waals surface area contributed by atoms with Gasteiger partial charge in [0.2, 0.25) is 0 Å². The average molecular weight is 301 g/mol. The Bertz CT molecular complexity index is 846. The number of hydrogen-bond donors (Lipinski definition) is 2. The normalized spacial score (nSPS) is 11.2. The van der Waals surface area contributed by atoms with Crippen LogP contribution in [0.15, 0.2) is 17.1 Å². The number of fused-ring (bicyclic) bond motifs is 1. The minimum atomic E-state index is -1.03. The van der Waals surface area contributed by atoms with Gasteiger partial charge in [-0.1, -0.05) is 0 Å². The highest BCUT2D eigenvalue weighted by Crippen LogP contribution is 2.29. The summed E-state index contributed by atoms with van der Waals surface area (Å²) in [5.41, 5.74) is -1.44. The van der Waals surface area contributed by atoms with Gasteiger partial charge in [0.05, 0.1) is 24.0 Å². The van der Waals surface area contributed by atoms with E-state index < -0.39 is 22.7 Å². The molecule has 0 amide bonds. The lowest BCUT2D eigenvalue weighted by molar-refractivity contribution is -0.148. The smallest absolute Gasteiger partial charge is 0.317 e. The number of nitrogens with one attached hydrogen (secondary N) is 1. The first-order valence-electron chi connectivity index (χ1n) is 6.65. The van der Waals surface area contributed by atoms with Crippen LogP contribution in [0.3, 0.4) is 0 Å². The molecule has 7 heteroatoms. The summed E-state index contributed by atoms with van der Waals surface area (Å²) in [4.78, 5) is 30.3. The minimum Gasteiger partial charge on any atom is -0.506 e. The summed E-state index contributed by atoms with van der Waals surface area (Å²) in [5.74, 6) is -0.879. The highest BCUT2D eigenvalue weighted by atomic mass is 16.5. The molecule has 0 saturated heterocycles. The number of nitrogens with zero attached hydrogens (tertiary/aromatic N) is 2. The molecule has 0 unspecified atom stereocenters. The van der Waals surface area contributed by atoms with Crippen LogP contribution in [-0.2, 0) is 14.9 Å². The molecule has 2 aromatic rings. The van der Waals surface area contributed by atoms with Gasteiger partial charge in [0.25, 0.3) is 5.56 Å². The molecule has 0 aliphatic heterocycles. The van der Waals surface area contributed by atoms with Crippen molar-refractivity contribution in [2.45, 2.75) is 26.2 Å². The molecule has 2 aromatic heterocycles. The molecule has 0 saturated carbocycles. The monoisotopic (exact) mass is 301 g/mol. The highest BCUT2D eigenvalue weighted by molar-refractivity contribution is 5.88. The molecule has 2 rings (SSSR count). The second-order valence-electron chi connectivity index (χ2n) is 5.25. The maximum absolute atomic E-state index is 12.0. The Balaban J connectivity index is 2.67. The Kier molecular flexibility index (Phi) is 3.87. The fraction of sp³-hybridized carbons (Fsp3) is 0.333. The van der Waals surface area contributed by atoms with E-state index in [1.54, 1.807) is 26.8 Å². The topological polar surface area (TPSA) is 116 Å². The number of ether oxygens (including phenoxy) is 1. The number of aromatic hydroxyl groups is 1. The summed E-state index contributed by atoms with van der Waals surface area (Å²) in [6.07, 6.45) is 1.34. The van der Waals surface area contributed by atoms with Crippen LogP contribution in [0.2, 0.25) is 0 Å². The molecule has 2 N–H and O–H groups in total. The van der Waals surface area contributed by atoms with Crippen LogP contribution < -0.4 is 5.56 Å². The molecule has 0 radical (unpaired) electrons. The van der Waals surface area contributed by atoms with E-state index in [2.05, 4.69) is 9.97 Å². The van der Waals surface area contributed by atoms with Gasteiger partial charge in [-0.2, -0.15) is 5.26 Å². The van der Waals surface area contributed by atoms with E-state index in [1.807, 2.05) is 0 Å². The van der Waals surface area contributed by atoms with E-state index in [-0.39, 0.29) is 23.1 Å². The lowest BCUT2D eigenvalue weighted by Gasteiger charge is -2.22. The Labute approximate surface area is 126 Å². The van der Waals surface area contributed by atoms with Crippen LogP contribution in [0.5, 0.6) is 5.75 Å². The van der Waals surface area contributed by atoms with Gasteiger partial charge < -0.3 is 14.8 Å². The van der Waals surface area contributed by atoms with Crippen LogP contribution in [-0.4, -0.2) is 27.7 Å². The van der Waals surface area contributed by atoms with E-state index in [0.29, 0.717) is 5.69 Å². The van der Waals surface area contributed by atoms with Crippen molar-refractivity contribution in [1.29, 1.82) is 5.26 Å². The van der Waals surface area contributed by atoms with Gasteiger partial charge in [-0.3, -0.25) is 14.6 Å². The number of carbonyl (C=O) groups is 1. The maximum Gasteiger partial charge on any atom is 0.317 e.